The fourth-order valence-corrected chi connectivity index (χ4v) is 1.94. The number of methoxy groups -OCH3 is 1. The Bertz CT molecular complexity index is 407. The summed E-state index contributed by atoms with van der Waals surface area (Å²) in [6, 6.07) is 9.59. The van der Waals surface area contributed by atoms with Crippen molar-refractivity contribution in [2.45, 2.75) is 19.3 Å². The summed E-state index contributed by atoms with van der Waals surface area (Å²) in [5.74, 6) is -0.913. The number of benzene rings is 1. The van der Waals surface area contributed by atoms with Crippen molar-refractivity contribution in [2.24, 2.45) is 11.8 Å². The molecule has 1 unspecified atom stereocenters. The van der Waals surface area contributed by atoms with Crippen LogP contribution in [-0.4, -0.2) is 18.9 Å². The zero-order valence-corrected chi connectivity index (χ0v) is 9.89. The van der Waals surface area contributed by atoms with Crippen LogP contribution in [0.5, 0.6) is 0 Å². The summed E-state index contributed by atoms with van der Waals surface area (Å²) >= 11 is 0. The van der Waals surface area contributed by atoms with Gasteiger partial charge in [0.05, 0.1) is 7.11 Å². The van der Waals surface area contributed by atoms with Crippen molar-refractivity contribution in [1.82, 2.24) is 0 Å². The Kier molecular flexibility index (Phi) is 3.57. The van der Waals surface area contributed by atoms with E-state index < -0.39 is 11.9 Å². The molecule has 17 heavy (non-hydrogen) atoms. The van der Waals surface area contributed by atoms with Crippen molar-refractivity contribution in [3.8, 4) is 0 Å². The summed E-state index contributed by atoms with van der Waals surface area (Å²) < 4.78 is 4.72. The highest BCUT2D eigenvalue weighted by atomic mass is 16.5. The maximum atomic E-state index is 12.0. The van der Waals surface area contributed by atoms with E-state index in [9.17, 15) is 9.59 Å². The molecule has 90 valence electrons. The lowest BCUT2D eigenvalue weighted by Gasteiger charge is -2.13. The average molecular weight is 232 g/mol. The van der Waals surface area contributed by atoms with Crippen LogP contribution in [-0.2, 0) is 20.7 Å². The first-order chi connectivity index (χ1) is 8.22. The Morgan fingerprint density at radius 2 is 1.94 bits per heavy atom. The van der Waals surface area contributed by atoms with Gasteiger partial charge in [-0.3, -0.25) is 9.59 Å². The van der Waals surface area contributed by atoms with Gasteiger partial charge in [0.25, 0.3) is 0 Å². The molecule has 1 atom stereocenters. The van der Waals surface area contributed by atoms with Crippen LogP contribution >= 0.6 is 0 Å². The van der Waals surface area contributed by atoms with Crippen LogP contribution in [0.1, 0.15) is 18.4 Å². The fraction of sp³-hybridized carbons (Fsp3) is 0.429. The number of hydrogen-bond donors (Lipinski definition) is 0. The van der Waals surface area contributed by atoms with Gasteiger partial charge in [-0.25, -0.2) is 0 Å². The summed E-state index contributed by atoms with van der Waals surface area (Å²) in [6.07, 6.45) is 2.28. The van der Waals surface area contributed by atoms with Gasteiger partial charge in [-0.05, 0) is 24.8 Å². The highest BCUT2D eigenvalue weighted by molar-refractivity contribution is 6.01. The molecule has 0 amide bonds. The molecule has 1 aliphatic rings. The quantitative estimate of drug-likeness (QED) is 0.576. The molecule has 0 spiro atoms. The monoisotopic (exact) mass is 232 g/mol. The van der Waals surface area contributed by atoms with E-state index in [1.54, 1.807) is 0 Å². The molecule has 1 aromatic carbocycles. The van der Waals surface area contributed by atoms with Gasteiger partial charge in [0.1, 0.15) is 5.92 Å². The minimum Gasteiger partial charge on any atom is -0.468 e. The molecule has 0 aliphatic heterocycles. The van der Waals surface area contributed by atoms with E-state index in [1.807, 2.05) is 30.3 Å². The minimum atomic E-state index is -0.630. The largest absolute Gasteiger partial charge is 0.468 e. The Balaban J connectivity index is 2.10. The topological polar surface area (TPSA) is 43.4 Å². The number of hydrogen-bond acceptors (Lipinski definition) is 3. The maximum Gasteiger partial charge on any atom is 0.316 e. The number of Topliss-reactive ketones (excluding diaryl/α,β-unsaturated/α-hetero) is 1. The van der Waals surface area contributed by atoms with E-state index in [2.05, 4.69) is 0 Å². The maximum absolute atomic E-state index is 12.0. The van der Waals surface area contributed by atoms with Gasteiger partial charge in [-0.2, -0.15) is 0 Å². The third-order valence-electron chi connectivity index (χ3n) is 3.09. The summed E-state index contributed by atoms with van der Waals surface area (Å²) in [5, 5.41) is 0. The van der Waals surface area contributed by atoms with E-state index >= 15 is 0 Å². The van der Waals surface area contributed by atoms with Gasteiger partial charge < -0.3 is 4.74 Å². The Morgan fingerprint density at radius 3 is 2.47 bits per heavy atom. The zero-order valence-electron chi connectivity index (χ0n) is 9.89. The van der Waals surface area contributed by atoms with Crippen LogP contribution in [0.3, 0.4) is 0 Å². The third kappa shape index (κ3) is 2.93. The Hall–Kier alpha value is -1.64. The molecule has 0 bridgehead atoms. The molecule has 2 rings (SSSR count). The molecule has 3 heteroatoms. The predicted molar refractivity (Wildman–Crippen MR) is 63.4 cm³/mol. The van der Waals surface area contributed by atoms with Crippen LogP contribution in [0.25, 0.3) is 0 Å². The molecule has 3 nitrogen and oxygen atoms in total. The van der Waals surface area contributed by atoms with Crippen LogP contribution in [0.2, 0.25) is 0 Å². The zero-order chi connectivity index (χ0) is 12.3. The van der Waals surface area contributed by atoms with E-state index in [1.165, 1.54) is 7.11 Å². The second-order valence-electron chi connectivity index (χ2n) is 4.44. The molecule has 0 N–H and O–H groups in total. The summed E-state index contributed by atoms with van der Waals surface area (Å²) in [6.45, 7) is 0. The summed E-state index contributed by atoms with van der Waals surface area (Å²) in [5.41, 5.74) is 0.997. The van der Waals surface area contributed by atoms with Crippen molar-refractivity contribution in [1.29, 1.82) is 0 Å². The van der Waals surface area contributed by atoms with Gasteiger partial charge in [-0.1, -0.05) is 30.3 Å². The second-order valence-corrected chi connectivity index (χ2v) is 4.44. The second kappa shape index (κ2) is 5.13. The lowest BCUT2D eigenvalue weighted by atomic mass is 9.93. The smallest absolute Gasteiger partial charge is 0.316 e. The van der Waals surface area contributed by atoms with Crippen LogP contribution in [0, 0.1) is 11.8 Å². The van der Waals surface area contributed by atoms with Crippen LogP contribution in [0.15, 0.2) is 30.3 Å². The van der Waals surface area contributed by atoms with Gasteiger partial charge in [0.15, 0.2) is 5.78 Å². The molecular weight excluding hydrogens is 216 g/mol. The normalized spacial score (nSPS) is 16.3. The minimum absolute atomic E-state index is 0.0423. The van der Waals surface area contributed by atoms with Crippen molar-refractivity contribution in [3.05, 3.63) is 35.9 Å². The van der Waals surface area contributed by atoms with Gasteiger partial charge in [0.2, 0.25) is 0 Å². The lowest BCUT2D eigenvalue weighted by molar-refractivity contribution is -0.149. The molecule has 0 saturated heterocycles. The van der Waals surface area contributed by atoms with E-state index in [0.29, 0.717) is 6.42 Å². The molecule has 1 aliphatic carbocycles. The van der Waals surface area contributed by atoms with E-state index in [0.717, 1.165) is 18.4 Å². The first kappa shape index (κ1) is 11.8. The molecule has 0 radical (unpaired) electrons. The molecule has 1 fully saturated rings. The van der Waals surface area contributed by atoms with Crippen LogP contribution in [0.4, 0.5) is 0 Å². The number of carbonyl (C=O) groups is 2. The Morgan fingerprint density at radius 1 is 1.29 bits per heavy atom. The first-order valence-electron chi connectivity index (χ1n) is 5.88. The SMILES string of the molecule is COC(=O)C(Cc1ccccc1)C(=O)C1CC1. The van der Waals surface area contributed by atoms with Crippen molar-refractivity contribution >= 4 is 11.8 Å². The third-order valence-corrected chi connectivity index (χ3v) is 3.09. The van der Waals surface area contributed by atoms with Crippen molar-refractivity contribution < 1.29 is 14.3 Å². The fourth-order valence-electron chi connectivity index (χ4n) is 1.94. The van der Waals surface area contributed by atoms with Gasteiger partial charge in [-0.15, -0.1) is 0 Å². The van der Waals surface area contributed by atoms with E-state index in [-0.39, 0.29) is 11.7 Å². The molecule has 1 saturated carbocycles. The lowest BCUT2D eigenvalue weighted by Crippen LogP contribution is -2.28. The number of rotatable bonds is 5. The Labute approximate surface area is 101 Å². The number of ketones is 1. The average Bonchev–Trinajstić information content (AvgIpc) is 3.20. The van der Waals surface area contributed by atoms with Gasteiger partial charge >= 0.3 is 5.97 Å². The van der Waals surface area contributed by atoms with Crippen LogP contribution < -0.4 is 0 Å². The van der Waals surface area contributed by atoms with Crippen molar-refractivity contribution in [3.63, 3.8) is 0 Å². The summed E-state index contributed by atoms with van der Waals surface area (Å²) in [4.78, 5) is 23.7. The standard InChI is InChI=1S/C14H16O3/c1-17-14(16)12(13(15)11-7-8-11)9-10-5-3-2-4-6-10/h2-6,11-12H,7-9H2,1H3. The predicted octanol–water partition coefficient (Wildman–Crippen LogP) is 2.00. The number of esters is 1. The number of carbonyl (C=O) groups excluding carboxylic acids is 2. The van der Waals surface area contributed by atoms with Crippen molar-refractivity contribution in [2.75, 3.05) is 7.11 Å². The molecular formula is C14H16O3. The highest BCUT2D eigenvalue weighted by Crippen LogP contribution is 2.33. The van der Waals surface area contributed by atoms with E-state index in [4.69, 9.17) is 4.74 Å². The summed E-state index contributed by atoms with van der Waals surface area (Å²) in [7, 11) is 1.33. The molecule has 1 aromatic rings. The first-order valence-corrected chi connectivity index (χ1v) is 5.88. The number of ether oxygens (including phenoxy) is 1. The van der Waals surface area contributed by atoms with Gasteiger partial charge in [0, 0.05) is 5.92 Å². The molecule has 0 aromatic heterocycles. The highest BCUT2D eigenvalue weighted by Gasteiger charge is 2.38. The molecule has 0 heterocycles.